The van der Waals surface area contributed by atoms with E-state index in [9.17, 15) is 13.2 Å². The van der Waals surface area contributed by atoms with Crippen molar-refractivity contribution < 1.29 is 17.9 Å². The van der Waals surface area contributed by atoms with Gasteiger partial charge < -0.3 is 15.8 Å². The van der Waals surface area contributed by atoms with Gasteiger partial charge in [0.05, 0.1) is 11.7 Å². The van der Waals surface area contributed by atoms with Gasteiger partial charge in [-0.3, -0.25) is 0 Å². The lowest BCUT2D eigenvalue weighted by Gasteiger charge is -2.18. The molecule has 1 aliphatic heterocycles. The van der Waals surface area contributed by atoms with E-state index in [-0.39, 0.29) is 16.7 Å². The number of benzene rings is 1. The van der Waals surface area contributed by atoms with E-state index >= 15 is 0 Å². The van der Waals surface area contributed by atoms with Gasteiger partial charge in [-0.2, -0.15) is 13.2 Å². The number of anilines is 1. The summed E-state index contributed by atoms with van der Waals surface area (Å²) in [5.74, 6) is 0.301. The van der Waals surface area contributed by atoms with Crippen molar-refractivity contribution in [2.45, 2.75) is 25.6 Å². The highest BCUT2D eigenvalue weighted by Gasteiger charge is 2.34. The molecule has 1 heterocycles. The number of halogens is 3. The first-order chi connectivity index (χ1) is 9.79. The standard InChI is InChI=1S/C14H17F3N2OS/c1-8-9(4-5-20-8)7-19-10-2-3-11(13(18)21)12(6-10)14(15,16)17/h2-3,6,8-9,19H,4-5,7H2,1H3,(H2,18,21). The van der Waals surface area contributed by atoms with Gasteiger partial charge in [0.25, 0.3) is 0 Å². The maximum Gasteiger partial charge on any atom is 0.417 e. The Morgan fingerprint density at radius 2 is 2.19 bits per heavy atom. The van der Waals surface area contributed by atoms with Crippen molar-refractivity contribution in [1.82, 2.24) is 0 Å². The zero-order chi connectivity index (χ0) is 15.6. The van der Waals surface area contributed by atoms with E-state index in [1.165, 1.54) is 6.07 Å². The summed E-state index contributed by atoms with van der Waals surface area (Å²) in [5.41, 5.74) is 4.79. The molecule has 0 amide bonds. The minimum atomic E-state index is -4.49. The third kappa shape index (κ3) is 3.85. The van der Waals surface area contributed by atoms with E-state index < -0.39 is 11.7 Å². The molecule has 1 aliphatic rings. The fraction of sp³-hybridized carbons (Fsp3) is 0.500. The molecule has 1 aromatic carbocycles. The molecule has 2 unspecified atom stereocenters. The fourth-order valence-corrected chi connectivity index (χ4v) is 2.57. The van der Waals surface area contributed by atoms with Crippen LogP contribution >= 0.6 is 12.2 Å². The summed E-state index contributed by atoms with van der Waals surface area (Å²) in [6.45, 7) is 3.24. The molecular formula is C14H17F3N2OS. The Morgan fingerprint density at radius 1 is 1.48 bits per heavy atom. The van der Waals surface area contributed by atoms with Crippen LogP contribution < -0.4 is 11.1 Å². The molecule has 1 saturated heterocycles. The lowest BCUT2D eigenvalue weighted by molar-refractivity contribution is -0.137. The van der Waals surface area contributed by atoms with Crippen molar-refractivity contribution in [2.75, 3.05) is 18.5 Å². The van der Waals surface area contributed by atoms with E-state index in [1.54, 1.807) is 6.07 Å². The number of rotatable bonds is 4. The van der Waals surface area contributed by atoms with Crippen molar-refractivity contribution in [3.63, 3.8) is 0 Å². The van der Waals surface area contributed by atoms with Gasteiger partial charge in [0, 0.05) is 30.3 Å². The van der Waals surface area contributed by atoms with Crippen molar-refractivity contribution in [1.29, 1.82) is 0 Å². The number of hydrogen-bond donors (Lipinski definition) is 2. The van der Waals surface area contributed by atoms with Crippen LogP contribution in [-0.2, 0) is 10.9 Å². The zero-order valence-electron chi connectivity index (χ0n) is 11.5. The molecule has 1 fully saturated rings. The molecule has 116 valence electrons. The van der Waals surface area contributed by atoms with E-state index in [1.807, 2.05) is 6.92 Å². The van der Waals surface area contributed by atoms with Crippen molar-refractivity contribution in [2.24, 2.45) is 11.7 Å². The van der Waals surface area contributed by atoms with Crippen LogP contribution in [0.3, 0.4) is 0 Å². The monoisotopic (exact) mass is 318 g/mol. The van der Waals surface area contributed by atoms with Crippen LogP contribution in [0, 0.1) is 5.92 Å². The summed E-state index contributed by atoms with van der Waals surface area (Å²) in [4.78, 5) is -0.258. The van der Waals surface area contributed by atoms with E-state index in [0.29, 0.717) is 24.8 Å². The first-order valence-electron chi connectivity index (χ1n) is 6.65. The third-order valence-corrected chi connectivity index (χ3v) is 3.91. The summed E-state index contributed by atoms with van der Waals surface area (Å²) in [6, 6.07) is 3.92. The van der Waals surface area contributed by atoms with Crippen LogP contribution in [0.15, 0.2) is 18.2 Å². The largest absolute Gasteiger partial charge is 0.417 e. The summed E-state index contributed by atoms with van der Waals surface area (Å²) >= 11 is 4.67. The van der Waals surface area contributed by atoms with Gasteiger partial charge in [-0.15, -0.1) is 0 Å². The average Bonchev–Trinajstić information content (AvgIpc) is 2.80. The Morgan fingerprint density at radius 3 is 2.71 bits per heavy atom. The number of ether oxygens (including phenoxy) is 1. The van der Waals surface area contributed by atoms with Crippen LogP contribution in [-0.4, -0.2) is 24.2 Å². The molecule has 2 atom stereocenters. The first kappa shape index (κ1) is 16.0. The smallest absolute Gasteiger partial charge is 0.389 e. The second-order valence-electron chi connectivity index (χ2n) is 5.13. The van der Waals surface area contributed by atoms with Gasteiger partial charge in [0.1, 0.15) is 4.99 Å². The summed E-state index contributed by atoms with van der Waals surface area (Å²) in [5, 5.41) is 3.03. The predicted octanol–water partition coefficient (Wildman–Crippen LogP) is 3.18. The number of nitrogens with one attached hydrogen (secondary N) is 1. The molecule has 1 aromatic rings. The van der Waals surface area contributed by atoms with Crippen molar-refractivity contribution >= 4 is 22.9 Å². The number of alkyl halides is 3. The van der Waals surface area contributed by atoms with Crippen LogP contribution in [0.25, 0.3) is 0 Å². The molecule has 7 heteroatoms. The fourth-order valence-electron chi connectivity index (χ4n) is 2.40. The SMILES string of the molecule is CC1OCCC1CNc1ccc(C(N)=S)c(C(F)(F)F)c1. The van der Waals surface area contributed by atoms with Gasteiger partial charge in [-0.25, -0.2) is 0 Å². The summed E-state index contributed by atoms with van der Waals surface area (Å²) in [6.07, 6.45) is -3.46. The van der Waals surface area contributed by atoms with Crippen LogP contribution in [0.1, 0.15) is 24.5 Å². The van der Waals surface area contributed by atoms with Crippen LogP contribution in [0.4, 0.5) is 18.9 Å². The maximum absolute atomic E-state index is 13.0. The Balaban J connectivity index is 2.16. The van der Waals surface area contributed by atoms with E-state index in [0.717, 1.165) is 12.5 Å². The zero-order valence-corrected chi connectivity index (χ0v) is 12.4. The summed E-state index contributed by atoms with van der Waals surface area (Å²) in [7, 11) is 0. The number of nitrogens with two attached hydrogens (primary N) is 1. The molecule has 21 heavy (non-hydrogen) atoms. The highest BCUT2D eigenvalue weighted by molar-refractivity contribution is 7.80. The molecule has 0 bridgehead atoms. The molecule has 0 aromatic heterocycles. The Labute approximate surface area is 126 Å². The second-order valence-corrected chi connectivity index (χ2v) is 5.57. The van der Waals surface area contributed by atoms with Gasteiger partial charge in [-0.05, 0) is 31.5 Å². The second kappa shape index (κ2) is 6.19. The Hall–Kier alpha value is -1.34. The minimum Gasteiger partial charge on any atom is -0.389 e. The molecule has 0 spiro atoms. The number of thiocarbonyl (C=S) groups is 1. The maximum atomic E-state index is 13.0. The van der Waals surface area contributed by atoms with Crippen molar-refractivity contribution in [3.05, 3.63) is 29.3 Å². The quantitative estimate of drug-likeness (QED) is 0.837. The highest BCUT2D eigenvalue weighted by atomic mass is 32.1. The van der Waals surface area contributed by atoms with E-state index in [2.05, 4.69) is 17.5 Å². The van der Waals surface area contributed by atoms with Gasteiger partial charge in [0.15, 0.2) is 0 Å². The predicted molar refractivity (Wildman–Crippen MR) is 79.3 cm³/mol. The highest BCUT2D eigenvalue weighted by Crippen LogP contribution is 2.34. The van der Waals surface area contributed by atoms with Gasteiger partial charge >= 0.3 is 6.18 Å². The molecule has 3 N–H and O–H groups in total. The first-order valence-corrected chi connectivity index (χ1v) is 7.06. The minimum absolute atomic E-state index is 0.121. The van der Waals surface area contributed by atoms with Crippen molar-refractivity contribution in [3.8, 4) is 0 Å². The lowest BCUT2D eigenvalue weighted by atomic mass is 10.0. The third-order valence-electron chi connectivity index (χ3n) is 3.69. The molecule has 2 rings (SSSR count). The Bertz CT molecular complexity index is 533. The molecular weight excluding hydrogens is 301 g/mol. The topological polar surface area (TPSA) is 47.3 Å². The lowest BCUT2D eigenvalue weighted by Crippen LogP contribution is -2.22. The van der Waals surface area contributed by atoms with Crippen LogP contribution in [0.5, 0.6) is 0 Å². The van der Waals surface area contributed by atoms with Gasteiger partial charge in [-0.1, -0.05) is 12.2 Å². The van der Waals surface area contributed by atoms with E-state index in [4.69, 9.17) is 10.5 Å². The Kier molecular flexibility index (Phi) is 4.73. The normalized spacial score (nSPS) is 22.3. The van der Waals surface area contributed by atoms with Crippen LogP contribution in [0.2, 0.25) is 0 Å². The molecule has 0 radical (unpaired) electrons. The molecule has 3 nitrogen and oxygen atoms in total. The number of hydrogen-bond acceptors (Lipinski definition) is 3. The molecule has 0 aliphatic carbocycles. The molecule has 0 saturated carbocycles. The average molecular weight is 318 g/mol. The van der Waals surface area contributed by atoms with Gasteiger partial charge in [0.2, 0.25) is 0 Å². The summed E-state index contributed by atoms with van der Waals surface area (Å²) < 4.78 is 44.5.